The Bertz CT molecular complexity index is 975. The third-order valence-electron chi connectivity index (χ3n) is 4.77. The molecule has 1 aliphatic heterocycles. The first-order chi connectivity index (χ1) is 13.7. The molecular formula is C21H23N3O4. The third-order valence-corrected chi connectivity index (χ3v) is 4.77. The number of hydrogen-bond acceptors (Lipinski definition) is 6. The molecule has 3 aromatic rings. The van der Waals surface area contributed by atoms with Gasteiger partial charge in [0.15, 0.2) is 5.76 Å². The van der Waals surface area contributed by atoms with Gasteiger partial charge in [-0.05, 0) is 44.2 Å². The zero-order valence-electron chi connectivity index (χ0n) is 16.0. The predicted molar refractivity (Wildman–Crippen MR) is 107 cm³/mol. The van der Waals surface area contributed by atoms with E-state index in [-0.39, 0.29) is 5.91 Å². The number of rotatable bonds is 5. The van der Waals surface area contributed by atoms with Crippen molar-refractivity contribution < 1.29 is 18.7 Å². The number of aryl methyl sites for hydroxylation is 1. The maximum absolute atomic E-state index is 12.7. The minimum atomic E-state index is -0.299. The molecule has 2 aromatic heterocycles. The van der Waals surface area contributed by atoms with Crippen molar-refractivity contribution in [3.63, 3.8) is 0 Å². The van der Waals surface area contributed by atoms with Crippen LogP contribution in [-0.4, -0.2) is 43.8 Å². The number of morpholine rings is 1. The van der Waals surface area contributed by atoms with Gasteiger partial charge in [0.25, 0.3) is 5.91 Å². The summed E-state index contributed by atoms with van der Waals surface area (Å²) >= 11 is 0. The first kappa shape index (κ1) is 18.3. The Balaban J connectivity index is 1.50. The first-order valence-electron chi connectivity index (χ1n) is 9.41. The van der Waals surface area contributed by atoms with E-state index in [1.165, 1.54) is 0 Å². The van der Waals surface area contributed by atoms with Gasteiger partial charge in [0.2, 0.25) is 0 Å². The molecule has 0 bridgehead atoms. The predicted octanol–water partition coefficient (Wildman–Crippen LogP) is 3.62. The number of carbonyl (C=O) groups is 1. The SMILES string of the molecule is CCOc1ccc2oc(C(=O)Nc3ccc(N4CCOCC4)nc3)c(C)c2c1. The van der Waals surface area contributed by atoms with E-state index in [1.54, 1.807) is 6.20 Å². The van der Waals surface area contributed by atoms with E-state index in [0.29, 0.717) is 36.9 Å². The normalized spacial score (nSPS) is 14.3. The lowest BCUT2D eigenvalue weighted by Crippen LogP contribution is -2.36. The number of pyridine rings is 1. The topological polar surface area (TPSA) is 76.8 Å². The molecule has 0 aliphatic carbocycles. The molecule has 1 N–H and O–H groups in total. The average Bonchev–Trinajstić information content (AvgIpc) is 3.06. The minimum absolute atomic E-state index is 0.293. The second-order valence-corrected chi connectivity index (χ2v) is 6.61. The quantitative estimate of drug-likeness (QED) is 0.727. The lowest BCUT2D eigenvalue weighted by molar-refractivity contribution is 0.0998. The molecule has 1 fully saturated rings. The summed E-state index contributed by atoms with van der Waals surface area (Å²) in [6.07, 6.45) is 1.66. The highest BCUT2D eigenvalue weighted by molar-refractivity contribution is 6.06. The molecule has 0 saturated carbocycles. The van der Waals surface area contributed by atoms with Gasteiger partial charge in [-0.2, -0.15) is 0 Å². The van der Waals surface area contributed by atoms with E-state index >= 15 is 0 Å². The van der Waals surface area contributed by atoms with E-state index in [2.05, 4.69) is 15.2 Å². The van der Waals surface area contributed by atoms with Crippen molar-refractivity contribution in [3.05, 3.63) is 47.9 Å². The van der Waals surface area contributed by atoms with E-state index in [9.17, 15) is 4.79 Å². The van der Waals surface area contributed by atoms with E-state index < -0.39 is 0 Å². The summed E-state index contributed by atoms with van der Waals surface area (Å²) in [7, 11) is 0. The van der Waals surface area contributed by atoms with Gasteiger partial charge >= 0.3 is 0 Å². The molecular weight excluding hydrogens is 358 g/mol. The smallest absolute Gasteiger partial charge is 0.291 e. The van der Waals surface area contributed by atoms with Crippen molar-refractivity contribution in [2.45, 2.75) is 13.8 Å². The first-order valence-corrected chi connectivity index (χ1v) is 9.41. The molecule has 0 radical (unpaired) electrons. The van der Waals surface area contributed by atoms with Gasteiger partial charge in [0.05, 0.1) is 31.7 Å². The molecule has 1 saturated heterocycles. The van der Waals surface area contributed by atoms with Gasteiger partial charge in [-0.3, -0.25) is 4.79 Å². The molecule has 7 nitrogen and oxygen atoms in total. The van der Waals surface area contributed by atoms with Crippen LogP contribution in [0.2, 0.25) is 0 Å². The number of nitrogens with zero attached hydrogens (tertiary/aromatic N) is 2. The fourth-order valence-electron chi connectivity index (χ4n) is 3.30. The Morgan fingerprint density at radius 3 is 2.79 bits per heavy atom. The Morgan fingerprint density at radius 1 is 1.25 bits per heavy atom. The van der Waals surface area contributed by atoms with Crippen LogP contribution >= 0.6 is 0 Å². The molecule has 146 valence electrons. The monoisotopic (exact) mass is 381 g/mol. The van der Waals surface area contributed by atoms with Crippen LogP contribution in [0, 0.1) is 6.92 Å². The Labute approximate surface area is 163 Å². The van der Waals surface area contributed by atoms with E-state index in [0.717, 1.165) is 35.6 Å². The second-order valence-electron chi connectivity index (χ2n) is 6.61. The van der Waals surface area contributed by atoms with Gasteiger partial charge in [-0.25, -0.2) is 4.98 Å². The van der Waals surface area contributed by atoms with Gasteiger partial charge in [-0.15, -0.1) is 0 Å². The van der Waals surface area contributed by atoms with E-state index in [1.807, 2.05) is 44.2 Å². The molecule has 7 heteroatoms. The summed E-state index contributed by atoms with van der Waals surface area (Å²) in [4.78, 5) is 19.3. The summed E-state index contributed by atoms with van der Waals surface area (Å²) in [5, 5.41) is 3.73. The fourth-order valence-corrected chi connectivity index (χ4v) is 3.30. The van der Waals surface area contributed by atoms with Crippen LogP contribution in [0.15, 0.2) is 40.9 Å². The number of carbonyl (C=O) groups excluding carboxylic acids is 1. The van der Waals surface area contributed by atoms with E-state index in [4.69, 9.17) is 13.9 Å². The fraction of sp³-hybridized carbons (Fsp3) is 0.333. The number of amides is 1. The number of ether oxygens (including phenoxy) is 2. The maximum Gasteiger partial charge on any atom is 0.291 e. The highest BCUT2D eigenvalue weighted by Gasteiger charge is 2.19. The van der Waals surface area contributed by atoms with Crippen LogP contribution in [0.3, 0.4) is 0 Å². The van der Waals surface area contributed by atoms with Crippen molar-refractivity contribution in [2.75, 3.05) is 43.1 Å². The summed E-state index contributed by atoms with van der Waals surface area (Å²) in [6, 6.07) is 9.31. The molecule has 1 aliphatic rings. The summed E-state index contributed by atoms with van der Waals surface area (Å²) in [5.74, 6) is 1.63. The second kappa shape index (κ2) is 7.90. The van der Waals surface area contributed by atoms with Crippen LogP contribution < -0.4 is 15.0 Å². The zero-order valence-corrected chi connectivity index (χ0v) is 16.0. The summed E-state index contributed by atoms with van der Waals surface area (Å²) in [6.45, 7) is 7.44. The maximum atomic E-state index is 12.7. The molecule has 4 rings (SSSR count). The van der Waals surface area contributed by atoms with Gasteiger partial charge < -0.3 is 24.1 Å². The van der Waals surface area contributed by atoms with Crippen LogP contribution in [0.4, 0.5) is 11.5 Å². The number of nitrogens with one attached hydrogen (secondary N) is 1. The molecule has 28 heavy (non-hydrogen) atoms. The molecule has 3 heterocycles. The van der Waals surface area contributed by atoms with Crippen molar-refractivity contribution in [2.24, 2.45) is 0 Å². The number of hydrogen-bond donors (Lipinski definition) is 1. The van der Waals surface area contributed by atoms with Crippen LogP contribution in [0.1, 0.15) is 23.0 Å². The molecule has 0 atom stereocenters. The van der Waals surface area contributed by atoms with Crippen LogP contribution in [0.5, 0.6) is 5.75 Å². The van der Waals surface area contributed by atoms with Crippen LogP contribution in [-0.2, 0) is 4.74 Å². The van der Waals surface area contributed by atoms with Gasteiger partial charge in [0, 0.05) is 24.0 Å². The number of benzene rings is 1. The lowest BCUT2D eigenvalue weighted by Gasteiger charge is -2.27. The summed E-state index contributed by atoms with van der Waals surface area (Å²) in [5.41, 5.74) is 2.07. The number of aromatic nitrogens is 1. The Hall–Kier alpha value is -3.06. The van der Waals surface area contributed by atoms with Gasteiger partial charge in [0.1, 0.15) is 17.2 Å². The van der Waals surface area contributed by atoms with Gasteiger partial charge in [-0.1, -0.05) is 0 Å². The molecule has 0 unspecified atom stereocenters. The number of anilines is 2. The Morgan fingerprint density at radius 2 is 2.07 bits per heavy atom. The zero-order chi connectivity index (χ0) is 19.5. The molecule has 1 amide bonds. The van der Waals surface area contributed by atoms with Crippen LogP contribution in [0.25, 0.3) is 11.0 Å². The highest BCUT2D eigenvalue weighted by atomic mass is 16.5. The van der Waals surface area contributed by atoms with Crippen molar-refractivity contribution in [1.82, 2.24) is 4.98 Å². The summed E-state index contributed by atoms with van der Waals surface area (Å²) < 4.78 is 16.7. The molecule has 0 spiro atoms. The number of furan rings is 1. The average molecular weight is 381 g/mol. The third kappa shape index (κ3) is 3.66. The molecule has 1 aromatic carbocycles. The largest absolute Gasteiger partial charge is 0.494 e. The minimum Gasteiger partial charge on any atom is -0.494 e. The van der Waals surface area contributed by atoms with Crippen molar-refractivity contribution >= 4 is 28.4 Å². The Kier molecular flexibility index (Phi) is 5.16. The van der Waals surface area contributed by atoms with Crippen molar-refractivity contribution in [1.29, 1.82) is 0 Å². The lowest BCUT2D eigenvalue weighted by atomic mass is 10.1. The highest BCUT2D eigenvalue weighted by Crippen LogP contribution is 2.29. The number of fused-ring (bicyclic) bond motifs is 1. The van der Waals surface area contributed by atoms with Crippen molar-refractivity contribution in [3.8, 4) is 5.75 Å². The standard InChI is InChI=1S/C21H23N3O4/c1-3-27-16-5-6-18-17(12-16)14(2)20(28-18)21(25)23-15-4-7-19(22-13-15)24-8-10-26-11-9-24/h4-7,12-13H,3,8-11H2,1-2H3,(H,23,25).